The maximum atomic E-state index is 6.14. The van der Waals surface area contributed by atoms with E-state index in [4.69, 9.17) is 23.2 Å². The lowest BCUT2D eigenvalue weighted by Gasteiger charge is -2.07. The molecule has 1 heterocycles. The van der Waals surface area contributed by atoms with Crippen molar-refractivity contribution in [3.8, 4) is 5.69 Å². The van der Waals surface area contributed by atoms with Gasteiger partial charge in [-0.05, 0) is 30.3 Å². The average Bonchev–Trinajstić information content (AvgIpc) is 2.99. The Hall–Kier alpha value is -1.97. The van der Waals surface area contributed by atoms with Crippen molar-refractivity contribution in [1.29, 1.82) is 0 Å². The standard InChI is InChI=1S/C16H13Cl2N3/c17-14-7-4-8-15(16(14)18)19-11-12-9-10-21(20-12)13-5-2-1-3-6-13/h1-10,19H,11H2. The van der Waals surface area contributed by atoms with E-state index in [2.05, 4.69) is 10.4 Å². The van der Waals surface area contributed by atoms with E-state index in [0.29, 0.717) is 16.6 Å². The molecule has 0 unspecified atom stereocenters. The van der Waals surface area contributed by atoms with Gasteiger partial charge in [0, 0.05) is 6.20 Å². The van der Waals surface area contributed by atoms with Crippen LogP contribution < -0.4 is 5.32 Å². The molecular formula is C16H13Cl2N3. The van der Waals surface area contributed by atoms with Crippen molar-refractivity contribution in [3.63, 3.8) is 0 Å². The van der Waals surface area contributed by atoms with Crippen LogP contribution in [-0.2, 0) is 6.54 Å². The highest BCUT2D eigenvalue weighted by Crippen LogP contribution is 2.29. The third-order valence-corrected chi connectivity index (χ3v) is 3.90. The molecule has 0 radical (unpaired) electrons. The van der Waals surface area contributed by atoms with Gasteiger partial charge >= 0.3 is 0 Å². The van der Waals surface area contributed by atoms with E-state index >= 15 is 0 Å². The first-order valence-corrected chi connectivity index (χ1v) is 7.27. The van der Waals surface area contributed by atoms with Crippen molar-refractivity contribution in [2.75, 3.05) is 5.32 Å². The number of anilines is 1. The number of hydrogen-bond acceptors (Lipinski definition) is 2. The van der Waals surface area contributed by atoms with Gasteiger partial charge in [-0.2, -0.15) is 5.10 Å². The van der Waals surface area contributed by atoms with Crippen LogP contribution >= 0.6 is 23.2 Å². The molecule has 0 aliphatic rings. The Bertz CT molecular complexity index is 738. The second kappa shape index (κ2) is 6.20. The molecule has 5 heteroatoms. The van der Waals surface area contributed by atoms with E-state index in [-0.39, 0.29) is 0 Å². The van der Waals surface area contributed by atoms with Crippen molar-refractivity contribution in [3.05, 3.63) is 76.5 Å². The summed E-state index contributed by atoms with van der Waals surface area (Å²) in [5, 5.41) is 8.84. The fraction of sp³-hybridized carbons (Fsp3) is 0.0625. The monoisotopic (exact) mass is 317 g/mol. The largest absolute Gasteiger partial charge is 0.378 e. The highest BCUT2D eigenvalue weighted by Gasteiger charge is 2.05. The molecule has 0 saturated carbocycles. The van der Waals surface area contributed by atoms with Crippen LogP contribution in [0.15, 0.2) is 60.8 Å². The topological polar surface area (TPSA) is 29.9 Å². The molecule has 0 bridgehead atoms. The van der Waals surface area contributed by atoms with Gasteiger partial charge in [0.25, 0.3) is 0 Å². The molecule has 0 fully saturated rings. The van der Waals surface area contributed by atoms with E-state index in [1.165, 1.54) is 0 Å². The van der Waals surface area contributed by atoms with Crippen LogP contribution in [0.2, 0.25) is 10.0 Å². The lowest BCUT2D eigenvalue weighted by atomic mass is 10.3. The highest BCUT2D eigenvalue weighted by molar-refractivity contribution is 6.43. The van der Waals surface area contributed by atoms with Crippen LogP contribution in [0.4, 0.5) is 5.69 Å². The zero-order valence-corrected chi connectivity index (χ0v) is 12.6. The van der Waals surface area contributed by atoms with Crippen LogP contribution in [0.5, 0.6) is 0 Å². The van der Waals surface area contributed by atoms with Crippen LogP contribution in [0.1, 0.15) is 5.69 Å². The Labute approximate surface area is 133 Å². The quantitative estimate of drug-likeness (QED) is 0.749. The van der Waals surface area contributed by atoms with Gasteiger partial charge in [0.15, 0.2) is 0 Å². The van der Waals surface area contributed by atoms with Crippen LogP contribution in [0.3, 0.4) is 0 Å². The fourth-order valence-electron chi connectivity index (χ4n) is 2.01. The van der Waals surface area contributed by atoms with Gasteiger partial charge in [-0.3, -0.25) is 0 Å². The average molecular weight is 318 g/mol. The summed E-state index contributed by atoms with van der Waals surface area (Å²) in [6, 6.07) is 17.5. The summed E-state index contributed by atoms with van der Waals surface area (Å²) in [4.78, 5) is 0. The molecule has 0 aliphatic carbocycles. The van der Waals surface area contributed by atoms with E-state index in [9.17, 15) is 0 Å². The molecule has 1 aromatic heterocycles. The first-order valence-electron chi connectivity index (χ1n) is 6.52. The molecule has 3 rings (SSSR count). The number of nitrogens with one attached hydrogen (secondary N) is 1. The molecule has 2 aromatic carbocycles. The zero-order chi connectivity index (χ0) is 14.7. The summed E-state index contributed by atoms with van der Waals surface area (Å²) in [5.41, 5.74) is 2.76. The van der Waals surface area contributed by atoms with Gasteiger partial charge in [0.2, 0.25) is 0 Å². The predicted octanol–water partition coefficient (Wildman–Crippen LogP) is 4.79. The SMILES string of the molecule is Clc1cccc(NCc2ccn(-c3ccccc3)n2)c1Cl. The highest BCUT2D eigenvalue weighted by atomic mass is 35.5. The van der Waals surface area contributed by atoms with Crippen molar-refractivity contribution < 1.29 is 0 Å². The Balaban J connectivity index is 1.72. The minimum Gasteiger partial charge on any atom is -0.378 e. The van der Waals surface area contributed by atoms with Crippen LogP contribution in [0.25, 0.3) is 5.69 Å². The van der Waals surface area contributed by atoms with Gasteiger partial charge in [-0.25, -0.2) is 4.68 Å². The van der Waals surface area contributed by atoms with E-state index in [0.717, 1.165) is 17.1 Å². The molecule has 3 nitrogen and oxygen atoms in total. The molecule has 1 N–H and O–H groups in total. The number of para-hydroxylation sites is 1. The molecule has 0 saturated heterocycles. The third-order valence-electron chi connectivity index (χ3n) is 3.08. The normalized spacial score (nSPS) is 10.6. The fourth-order valence-corrected chi connectivity index (χ4v) is 2.37. The minimum absolute atomic E-state index is 0.529. The molecule has 0 aliphatic heterocycles. The third kappa shape index (κ3) is 3.20. The van der Waals surface area contributed by atoms with E-state index < -0.39 is 0 Å². The second-order valence-corrected chi connectivity index (χ2v) is 5.33. The molecule has 3 aromatic rings. The maximum absolute atomic E-state index is 6.14. The summed E-state index contributed by atoms with van der Waals surface area (Å²) in [7, 11) is 0. The van der Waals surface area contributed by atoms with Gasteiger partial charge in [-0.15, -0.1) is 0 Å². The number of rotatable bonds is 4. The molecule has 106 valence electrons. The van der Waals surface area contributed by atoms with Gasteiger partial charge in [-0.1, -0.05) is 47.5 Å². The van der Waals surface area contributed by atoms with E-state index in [1.807, 2.05) is 59.4 Å². The van der Waals surface area contributed by atoms with Crippen LogP contribution in [-0.4, -0.2) is 9.78 Å². The Morgan fingerprint density at radius 3 is 2.57 bits per heavy atom. The maximum Gasteiger partial charge on any atom is 0.0823 e. The first-order chi connectivity index (χ1) is 10.2. The van der Waals surface area contributed by atoms with Crippen molar-refractivity contribution >= 4 is 28.9 Å². The molecule has 0 amide bonds. The molecule has 21 heavy (non-hydrogen) atoms. The van der Waals surface area contributed by atoms with Crippen molar-refractivity contribution in [2.24, 2.45) is 0 Å². The summed E-state index contributed by atoms with van der Waals surface area (Å²) < 4.78 is 1.84. The number of halogens is 2. The lowest BCUT2D eigenvalue weighted by Crippen LogP contribution is -2.02. The Morgan fingerprint density at radius 2 is 1.76 bits per heavy atom. The molecular weight excluding hydrogens is 305 g/mol. The smallest absolute Gasteiger partial charge is 0.0823 e. The Morgan fingerprint density at radius 1 is 0.952 bits per heavy atom. The van der Waals surface area contributed by atoms with Gasteiger partial charge in [0.1, 0.15) is 0 Å². The number of benzene rings is 2. The summed E-state index contributed by atoms with van der Waals surface area (Å²) in [6.45, 7) is 0.583. The van der Waals surface area contributed by atoms with E-state index in [1.54, 1.807) is 6.07 Å². The van der Waals surface area contributed by atoms with Crippen molar-refractivity contribution in [2.45, 2.75) is 6.54 Å². The lowest BCUT2D eigenvalue weighted by molar-refractivity contribution is 0.844. The minimum atomic E-state index is 0.529. The zero-order valence-electron chi connectivity index (χ0n) is 11.1. The van der Waals surface area contributed by atoms with Crippen LogP contribution in [0, 0.1) is 0 Å². The summed E-state index contributed by atoms with van der Waals surface area (Å²) >= 11 is 12.1. The van der Waals surface area contributed by atoms with Crippen molar-refractivity contribution in [1.82, 2.24) is 9.78 Å². The van der Waals surface area contributed by atoms with Gasteiger partial charge in [0.05, 0.1) is 33.7 Å². The first kappa shape index (κ1) is 14.0. The summed E-state index contributed by atoms with van der Waals surface area (Å²) in [6.07, 6.45) is 1.94. The number of aromatic nitrogens is 2. The predicted molar refractivity (Wildman–Crippen MR) is 87.4 cm³/mol. The number of nitrogens with zero attached hydrogens (tertiary/aromatic N) is 2. The molecule has 0 atom stereocenters. The number of hydrogen-bond donors (Lipinski definition) is 1. The van der Waals surface area contributed by atoms with Gasteiger partial charge < -0.3 is 5.32 Å². The molecule has 0 spiro atoms. The Kier molecular flexibility index (Phi) is 4.13. The second-order valence-electron chi connectivity index (χ2n) is 4.54. The summed E-state index contributed by atoms with van der Waals surface area (Å²) in [5.74, 6) is 0.